The van der Waals surface area contributed by atoms with Crippen LogP contribution in [0.5, 0.6) is 0 Å². The normalized spacial score (nSPS) is 16.3. The molecule has 1 heterocycles. The minimum absolute atomic E-state index is 0.752. The summed E-state index contributed by atoms with van der Waals surface area (Å²) in [7, 11) is 1.92. The number of hydrogen-bond acceptors (Lipinski definition) is 4. The van der Waals surface area contributed by atoms with Gasteiger partial charge in [-0.05, 0) is 34.5 Å². The summed E-state index contributed by atoms with van der Waals surface area (Å²) in [6.45, 7) is 0.752. The summed E-state index contributed by atoms with van der Waals surface area (Å²) in [5.74, 6) is 0.794. The van der Waals surface area contributed by atoms with E-state index >= 15 is 0 Å². The minimum Gasteiger partial charge on any atom is -0.347 e. The lowest BCUT2D eigenvalue weighted by molar-refractivity contribution is 0.499. The van der Waals surface area contributed by atoms with Crippen molar-refractivity contribution >= 4 is 34.5 Å². The highest BCUT2D eigenvalue weighted by Crippen LogP contribution is 2.06. The van der Waals surface area contributed by atoms with E-state index in [0.29, 0.717) is 0 Å². The van der Waals surface area contributed by atoms with E-state index in [1.54, 1.807) is 0 Å². The lowest BCUT2D eigenvalue weighted by atomic mass is 10.5. The lowest BCUT2D eigenvalue weighted by Gasteiger charge is -2.05. The second kappa shape index (κ2) is 2.95. The first-order valence-corrected chi connectivity index (χ1v) is 3.57. The predicted molar refractivity (Wildman–Crippen MR) is 48.0 cm³/mol. The Balaban J connectivity index is 2.90. The van der Waals surface area contributed by atoms with Gasteiger partial charge in [-0.2, -0.15) is 0 Å². The second-order valence-electron chi connectivity index (χ2n) is 2.01. The van der Waals surface area contributed by atoms with E-state index in [1.165, 1.54) is 0 Å². The van der Waals surface area contributed by atoms with Gasteiger partial charge in [-0.3, -0.25) is 0 Å². The van der Waals surface area contributed by atoms with Crippen LogP contribution in [0.2, 0.25) is 0 Å². The maximum Gasteiger partial charge on any atom is 0.163 e. The number of thiocarbonyl (C=S) groups is 2. The van der Waals surface area contributed by atoms with Gasteiger partial charge in [-0.1, -0.05) is 0 Å². The number of rotatable bonds is 0. The van der Waals surface area contributed by atoms with E-state index in [-0.39, 0.29) is 0 Å². The third-order valence-electron chi connectivity index (χ3n) is 1.27. The van der Waals surface area contributed by atoms with Crippen LogP contribution in [0.25, 0.3) is 0 Å². The Kier molecular flexibility index (Phi) is 2.20. The van der Waals surface area contributed by atoms with E-state index in [9.17, 15) is 0 Å². The summed E-state index contributed by atoms with van der Waals surface area (Å²) in [5.41, 5.74) is 0.879. The summed E-state index contributed by atoms with van der Waals surface area (Å²) >= 11 is 9.24. The first kappa shape index (κ1) is 7.45. The molecule has 2 nitrogen and oxygen atoms in total. The van der Waals surface area contributed by atoms with Gasteiger partial charge in [0.05, 0.1) is 12.2 Å². The molecule has 0 radical (unpaired) electrons. The molecule has 0 unspecified atom stereocenters. The van der Waals surface area contributed by atoms with Crippen molar-refractivity contribution in [1.82, 2.24) is 10.2 Å². The van der Waals surface area contributed by atoms with Crippen LogP contribution in [0.3, 0.4) is 0 Å². The average molecular weight is 170 g/mol. The lowest BCUT2D eigenvalue weighted by Crippen LogP contribution is -2.13. The van der Waals surface area contributed by atoms with Crippen LogP contribution in [0.1, 0.15) is 0 Å². The smallest absolute Gasteiger partial charge is 0.163 e. The summed E-state index contributed by atoms with van der Waals surface area (Å²) < 4.78 is 0. The maximum atomic E-state index is 4.62. The molecule has 0 aliphatic carbocycles. The molecule has 4 heteroatoms. The Morgan fingerprint density at radius 1 is 1.50 bits per heavy atom. The van der Waals surface area contributed by atoms with Crippen LogP contribution >= 0.6 is 24.4 Å². The molecule has 0 spiro atoms. The van der Waals surface area contributed by atoms with Crippen LogP contribution in [0.4, 0.5) is 0 Å². The molecule has 1 aliphatic heterocycles. The van der Waals surface area contributed by atoms with Crippen LogP contribution in [0.15, 0.2) is 11.5 Å². The number of nitrogens with one attached hydrogen (secondary N) is 1. The zero-order valence-electron chi connectivity index (χ0n) is 5.47. The number of likely N-dealkylation sites (N-methyl/N-ethyl adjacent to an activating group) is 1. The number of hydrogen-bond donors (Lipinski definition) is 1. The quantitative estimate of drug-likeness (QED) is 0.530. The van der Waals surface area contributed by atoms with Gasteiger partial charge in [-0.25, -0.2) is 0 Å². The summed E-state index contributed by atoms with van der Waals surface area (Å²) in [4.78, 5) is 1.93. The van der Waals surface area contributed by atoms with E-state index in [4.69, 9.17) is 0 Å². The molecule has 52 valence electrons. The van der Waals surface area contributed by atoms with Crippen molar-refractivity contribution in [1.29, 1.82) is 0 Å². The van der Waals surface area contributed by atoms with Gasteiger partial charge in [0, 0.05) is 7.05 Å². The largest absolute Gasteiger partial charge is 0.347 e. The van der Waals surface area contributed by atoms with Crippen molar-refractivity contribution in [2.75, 3.05) is 13.6 Å². The molecule has 0 aromatic carbocycles. The van der Waals surface area contributed by atoms with Crippen LogP contribution in [-0.4, -0.2) is 28.5 Å². The SMILES string of the molecule is CN1CC(=C=S)NC1=C=S. The molecule has 1 N–H and O–H groups in total. The highest BCUT2D eigenvalue weighted by atomic mass is 32.1. The Hall–Kier alpha value is -0.660. The van der Waals surface area contributed by atoms with Gasteiger partial charge in [-0.15, -0.1) is 0 Å². The molecule has 0 saturated carbocycles. The van der Waals surface area contributed by atoms with Gasteiger partial charge < -0.3 is 10.2 Å². The molecule has 1 aliphatic rings. The first-order chi connectivity index (χ1) is 4.77. The maximum absolute atomic E-state index is 4.62. The molecule has 0 aromatic heterocycles. The monoisotopic (exact) mass is 170 g/mol. The fraction of sp³-hybridized carbons (Fsp3) is 0.333. The Morgan fingerprint density at radius 3 is 2.50 bits per heavy atom. The summed E-state index contributed by atoms with van der Waals surface area (Å²) in [6.07, 6.45) is 0. The van der Waals surface area contributed by atoms with Gasteiger partial charge >= 0.3 is 0 Å². The van der Waals surface area contributed by atoms with Crippen molar-refractivity contribution in [2.24, 2.45) is 0 Å². The molecule has 1 fully saturated rings. The molecule has 0 bridgehead atoms. The summed E-state index contributed by atoms with van der Waals surface area (Å²) in [5, 5.41) is 8.15. The second-order valence-corrected chi connectivity index (χ2v) is 2.42. The van der Waals surface area contributed by atoms with Crippen LogP contribution < -0.4 is 5.32 Å². The van der Waals surface area contributed by atoms with E-state index in [0.717, 1.165) is 18.1 Å². The van der Waals surface area contributed by atoms with Crippen molar-refractivity contribution in [3.05, 3.63) is 11.5 Å². The molecular formula is C6H6N2S2. The Morgan fingerprint density at radius 2 is 2.20 bits per heavy atom. The van der Waals surface area contributed by atoms with Crippen molar-refractivity contribution in [3.8, 4) is 0 Å². The molecule has 0 aromatic rings. The van der Waals surface area contributed by atoms with E-state index in [2.05, 4.69) is 39.8 Å². The van der Waals surface area contributed by atoms with Crippen molar-refractivity contribution in [3.63, 3.8) is 0 Å². The third-order valence-corrected chi connectivity index (χ3v) is 1.71. The van der Waals surface area contributed by atoms with Crippen LogP contribution in [0, 0.1) is 0 Å². The van der Waals surface area contributed by atoms with Crippen LogP contribution in [-0.2, 0) is 0 Å². The minimum atomic E-state index is 0.752. The Bertz CT molecular complexity index is 246. The molecular weight excluding hydrogens is 164 g/mol. The number of nitrogens with zero attached hydrogens (tertiary/aromatic N) is 1. The summed E-state index contributed by atoms with van der Waals surface area (Å²) in [6, 6.07) is 0. The van der Waals surface area contributed by atoms with Crippen molar-refractivity contribution < 1.29 is 0 Å². The topological polar surface area (TPSA) is 15.3 Å². The molecule has 0 amide bonds. The highest BCUT2D eigenvalue weighted by Gasteiger charge is 2.15. The first-order valence-electron chi connectivity index (χ1n) is 2.75. The van der Waals surface area contributed by atoms with Gasteiger partial charge in [0.25, 0.3) is 0 Å². The fourth-order valence-corrected chi connectivity index (χ4v) is 1.08. The predicted octanol–water partition coefficient (Wildman–Crippen LogP) is 0.444. The molecule has 0 atom stereocenters. The molecule has 1 rings (SSSR count). The average Bonchev–Trinajstić information content (AvgIpc) is 2.30. The van der Waals surface area contributed by atoms with Gasteiger partial charge in [0.2, 0.25) is 0 Å². The highest BCUT2D eigenvalue weighted by molar-refractivity contribution is 7.78. The van der Waals surface area contributed by atoms with E-state index < -0.39 is 0 Å². The van der Waals surface area contributed by atoms with Gasteiger partial charge in [0.15, 0.2) is 5.82 Å². The third kappa shape index (κ3) is 1.25. The van der Waals surface area contributed by atoms with Crippen molar-refractivity contribution in [2.45, 2.75) is 0 Å². The van der Waals surface area contributed by atoms with Gasteiger partial charge in [0.1, 0.15) is 0 Å². The molecule has 1 saturated heterocycles. The fourth-order valence-electron chi connectivity index (χ4n) is 0.755. The van der Waals surface area contributed by atoms with E-state index in [1.807, 2.05) is 11.9 Å². The zero-order chi connectivity index (χ0) is 7.56. The molecule has 10 heavy (non-hydrogen) atoms. The Labute approximate surface area is 70.2 Å². The zero-order valence-corrected chi connectivity index (χ0v) is 7.10. The standard InChI is InChI=1S/C6H6N2S2/c1-8-2-5(3-9)7-6(8)4-10/h7H,2H2,1H3.